The van der Waals surface area contributed by atoms with Crippen LogP contribution in [0.5, 0.6) is 0 Å². The van der Waals surface area contributed by atoms with Crippen molar-refractivity contribution in [3.8, 4) is 0 Å². The molecule has 0 aromatic rings. The first-order valence-corrected chi connectivity index (χ1v) is 4.56. The molecule has 1 heterocycles. The third kappa shape index (κ3) is 3.31. The van der Waals surface area contributed by atoms with Gasteiger partial charge in [-0.15, -0.1) is 0 Å². The molecule has 6 nitrogen and oxygen atoms in total. The Kier molecular flexibility index (Phi) is 3.84. The van der Waals surface area contributed by atoms with Gasteiger partial charge in [0, 0.05) is 6.54 Å². The molecule has 80 valence electrons. The number of urea groups is 1. The molecule has 0 bridgehead atoms. The number of carbonyl (C=O) groups is 2. The van der Waals surface area contributed by atoms with E-state index in [0.717, 1.165) is 19.5 Å². The Morgan fingerprint density at radius 3 is 2.86 bits per heavy atom. The average Bonchev–Trinajstić information content (AvgIpc) is 2.55. The summed E-state index contributed by atoms with van der Waals surface area (Å²) in [6.45, 7) is 3.24. The predicted molar refractivity (Wildman–Crippen MR) is 49.5 cm³/mol. The fraction of sp³-hybridized carbons (Fsp3) is 0.750. The van der Waals surface area contributed by atoms with E-state index in [1.54, 1.807) is 6.92 Å². The molecule has 0 aliphatic carbocycles. The Balaban J connectivity index is 2.29. The molecule has 1 rings (SSSR count). The van der Waals surface area contributed by atoms with Gasteiger partial charge in [-0.1, -0.05) is 0 Å². The van der Waals surface area contributed by atoms with Crippen molar-refractivity contribution in [3.63, 3.8) is 0 Å². The van der Waals surface area contributed by atoms with Crippen LogP contribution in [0.15, 0.2) is 0 Å². The van der Waals surface area contributed by atoms with Crippen molar-refractivity contribution < 1.29 is 14.3 Å². The number of amides is 3. The summed E-state index contributed by atoms with van der Waals surface area (Å²) in [4.78, 5) is 21.6. The molecular weight excluding hydrogens is 186 g/mol. The zero-order valence-electron chi connectivity index (χ0n) is 8.08. The van der Waals surface area contributed by atoms with Crippen molar-refractivity contribution in [3.05, 3.63) is 0 Å². The monoisotopic (exact) mass is 201 g/mol. The van der Waals surface area contributed by atoms with Crippen LogP contribution >= 0.6 is 0 Å². The van der Waals surface area contributed by atoms with Crippen molar-refractivity contribution in [1.82, 2.24) is 10.6 Å². The highest BCUT2D eigenvalue weighted by Crippen LogP contribution is 2.06. The third-order valence-electron chi connectivity index (χ3n) is 2.03. The first kappa shape index (κ1) is 10.9. The van der Waals surface area contributed by atoms with E-state index in [4.69, 9.17) is 10.5 Å². The van der Waals surface area contributed by atoms with Crippen molar-refractivity contribution in [2.45, 2.75) is 25.6 Å². The van der Waals surface area contributed by atoms with Gasteiger partial charge in [0.2, 0.25) is 0 Å². The highest BCUT2D eigenvalue weighted by atomic mass is 16.5. The lowest BCUT2D eigenvalue weighted by molar-refractivity contribution is -0.133. The molecule has 3 amide bonds. The Labute approximate surface area is 82.2 Å². The van der Waals surface area contributed by atoms with E-state index >= 15 is 0 Å². The van der Waals surface area contributed by atoms with Crippen molar-refractivity contribution in [2.24, 2.45) is 5.73 Å². The minimum atomic E-state index is -0.852. The maximum atomic E-state index is 11.2. The molecule has 1 saturated heterocycles. The van der Waals surface area contributed by atoms with Gasteiger partial charge in [-0.25, -0.2) is 4.79 Å². The molecule has 0 saturated carbocycles. The predicted octanol–water partition coefficient (Wildman–Crippen LogP) is -1.05. The summed E-state index contributed by atoms with van der Waals surface area (Å²) in [5.41, 5.74) is 4.80. The van der Waals surface area contributed by atoms with Crippen LogP contribution in [-0.4, -0.2) is 37.2 Å². The van der Waals surface area contributed by atoms with Crippen LogP contribution in [-0.2, 0) is 9.53 Å². The Bertz CT molecular complexity index is 226. The second kappa shape index (κ2) is 4.92. The quantitative estimate of drug-likeness (QED) is 0.543. The first-order valence-electron chi connectivity index (χ1n) is 4.56. The minimum absolute atomic E-state index is 0.0450. The molecule has 6 heteroatoms. The van der Waals surface area contributed by atoms with Crippen molar-refractivity contribution in [2.75, 3.05) is 13.1 Å². The minimum Gasteiger partial charge on any atom is -0.364 e. The molecule has 4 N–H and O–H groups in total. The molecule has 14 heavy (non-hydrogen) atoms. The zero-order chi connectivity index (χ0) is 10.6. The van der Waals surface area contributed by atoms with Crippen LogP contribution in [0.25, 0.3) is 0 Å². The summed E-state index contributed by atoms with van der Waals surface area (Å²) >= 11 is 0. The van der Waals surface area contributed by atoms with Crippen molar-refractivity contribution >= 4 is 11.9 Å². The number of nitrogens with one attached hydrogen (secondary N) is 2. The normalized spacial score (nSPS) is 23.1. The van der Waals surface area contributed by atoms with E-state index < -0.39 is 18.0 Å². The lowest BCUT2D eigenvalue weighted by Gasteiger charge is -2.16. The molecule has 1 aliphatic rings. The van der Waals surface area contributed by atoms with Gasteiger partial charge in [-0.2, -0.15) is 0 Å². The van der Waals surface area contributed by atoms with Crippen LogP contribution < -0.4 is 16.4 Å². The molecule has 0 aromatic carbocycles. The van der Waals surface area contributed by atoms with Crippen LogP contribution in [0.2, 0.25) is 0 Å². The topological polar surface area (TPSA) is 93.4 Å². The summed E-state index contributed by atoms with van der Waals surface area (Å²) in [5, 5.41) is 5.08. The summed E-state index contributed by atoms with van der Waals surface area (Å²) in [6, 6.07) is -0.852. The van der Waals surface area contributed by atoms with E-state index in [2.05, 4.69) is 5.32 Å². The fourth-order valence-electron chi connectivity index (χ4n) is 1.32. The van der Waals surface area contributed by atoms with Crippen molar-refractivity contribution in [1.29, 1.82) is 0 Å². The number of nitrogens with two attached hydrogens (primary N) is 1. The number of carbonyl (C=O) groups excluding carboxylic acids is 2. The van der Waals surface area contributed by atoms with Gasteiger partial charge in [-0.3, -0.25) is 10.1 Å². The van der Waals surface area contributed by atoms with Crippen LogP contribution in [0, 0.1) is 0 Å². The maximum absolute atomic E-state index is 11.2. The number of hydrogen-bond donors (Lipinski definition) is 3. The molecule has 0 spiro atoms. The number of rotatable bonds is 3. The summed E-state index contributed by atoms with van der Waals surface area (Å²) in [7, 11) is 0. The molecule has 0 aromatic heterocycles. The highest BCUT2D eigenvalue weighted by Gasteiger charge is 2.22. The van der Waals surface area contributed by atoms with Gasteiger partial charge >= 0.3 is 6.03 Å². The van der Waals surface area contributed by atoms with E-state index in [1.807, 2.05) is 5.32 Å². The summed E-state index contributed by atoms with van der Waals surface area (Å²) in [5.74, 6) is -0.496. The van der Waals surface area contributed by atoms with Gasteiger partial charge in [0.05, 0.1) is 6.10 Å². The van der Waals surface area contributed by atoms with Crippen LogP contribution in [0.1, 0.15) is 13.3 Å². The van der Waals surface area contributed by atoms with Gasteiger partial charge in [0.25, 0.3) is 5.91 Å². The number of hydrogen-bond acceptors (Lipinski definition) is 4. The highest BCUT2D eigenvalue weighted by molar-refractivity contribution is 5.95. The molecule has 2 atom stereocenters. The van der Waals surface area contributed by atoms with Gasteiger partial charge in [0.1, 0.15) is 6.10 Å². The molecule has 1 aliphatic heterocycles. The number of ether oxygens (including phenoxy) is 1. The molecule has 1 fully saturated rings. The lowest BCUT2D eigenvalue weighted by Crippen LogP contribution is -2.42. The SMILES string of the molecule is CC(OC1CCNC1)C(=O)NC(N)=O. The standard InChI is InChI=1S/C8H15N3O3/c1-5(7(12)11-8(9)13)14-6-2-3-10-4-6/h5-6,10H,2-4H2,1H3,(H3,9,11,12,13). The van der Waals surface area contributed by atoms with Crippen LogP contribution in [0.3, 0.4) is 0 Å². The van der Waals surface area contributed by atoms with Gasteiger partial charge in [-0.05, 0) is 19.9 Å². The summed E-state index contributed by atoms with van der Waals surface area (Å²) in [6.07, 6.45) is 0.282. The second-order valence-corrected chi connectivity index (χ2v) is 3.25. The molecule has 2 unspecified atom stereocenters. The molecular formula is C8H15N3O3. The first-order chi connectivity index (χ1) is 6.59. The fourth-order valence-corrected chi connectivity index (χ4v) is 1.32. The largest absolute Gasteiger partial charge is 0.364 e. The Morgan fingerprint density at radius 2 is 2.36 bits per heavy atom. The lowest BCUT2D eigenvalue weighted by atomic mass is 10.3. The summed E-state index contributed by atoms with van der Waals surface area (Å²) < 4.78 is 5.39. The van der Waals surface area contributed by atoms with Gasteiger partial charge in [0.15, 0.2) is 0 Å². The zero-order valence-corrected chi connectivity index (χ0v) is 8.08. The Hall–Kier alpha value is -1.14. The van der Waals surface area contributed by atoms with E-state index in [-0.39, 0.29) is 6.10 Å². The van der Waals surface area contributed by atoms with Gasteiger partial charge < -0.3 is 15.8 Å². The Morgan fingerprint density at radius 1 is 1.64 bits per heavy atom. The second-order valence-electron chi connectivity index (χ2n) is 3.25. The number of primary amides is 1. The van der Waals surface area contributed by atoms with E-state index in [9.17, 15) is 9.59 Å². The molecule has 0 radical (unpaired) electrons. The maximum Gasteiger partial charge on any atom is 0.318 e. The number of imide groups is 1. The van der Waals surface area contributed by atoms with Crippen LogP contribution in [0.4, 0.5) is 4.79 Å². The van der Waals surface area contributed by atoms with E-state index in [1.165, 1.54) is 0 Å². The average molecular weight is 201 g/mol. The smallest absolute Gasteiger partial charge is 0.318 e. The third-order valence-corrected chi connectivity index (χ3v) is 2.03. The van der Waals surface area contributed by atoms with E-state index in [0.29, 0.717) is 0 Å².